The summed E-state index contributed by atoms with van der Waals surface area (Å²) in [5.41, 5.74) is -0.197. The van der Waals surface area contributed by atoms with Crippen LogP contribution in [0.1, 0.15) is 84.1 Å². The van der Waals surface area contributed by atoms with Gasteiger partial charge in [0.1, 0.15) is 22.9 Å². The molecule has 0 spiro atoms. The number of nitrogens with zero attached hydrogens (tertiary/aromatic N) is 4. The Balaban J connectivity index is 1.10. The van der Waals surface area contributed by atoms with Crippen molar-refractivity contribution in [1.29, 1.82) is 0 Å². The van der Waals surface area contributed by atoms with Crippen molar-refractivity contribution in [2.45, 2.75) is 108 Å². The zero-order valence-electron chi connectivity index (χ0n) is 34.4. The van der Waals surface area contributed by atoms with E-state index in [1.807, 2.05) is 41.2 Å². The fraction of sp³-hybridized carbons (Fsp3) is 0.568. The molecule has 8 rings (SSSR count). The number of aromatic nitrogens is 2. The van der Waals surface area contributed by atoms with Gasteiger partial charge >= 0.3 is 5.97 Å². The Morgan fingerprint density at radius 3 is 2.58 bits per heavy atom. The van der Waals surface area contributed by atoms with Crippen LogP contribution in [0.3, 0.4) is 0 Å². The van der Waals surface area contributed by atoms with Gasteiger partial charge in [0, 0.05) is 56.3 Å². The molecule has 6 atom stereocenters. The zero-order valence-corrected chi connectivity index (χ0v) is 35.2. The third kappa shape index (κ3) is 8.77. The van der Waals surface area contributed by atoms with Gasteiger partial charge in [-0.3, -0.25) is 28.8 Å². The summed E-state index contributed by atoms with van der Waals surface area (Å²) in [7, 11) is -2.24. The summed E-state index contributed by atoms with van der Waals surface area (Å²) in [6.07, 6.45) is 12.3. The molecule has 2 saturated heterocycles. The molecule has 0 radical (unpaired) electrons. The molecule has 4 heterocycles. The molecule has 15 heteroatoms. The first-order valence-electron chi connectivity index (χ1n) is 21.0. The van der Waals surface area contributed by atoms with E-state index in [1.165, 1.54) is 0 Å². The molecule has 2 saturated carbocycles. The lowest BCUT2D eigenvalue weighted by Gasteiger charge is -2.33. The molecular formula is C44H56N6O8S. The number of benzene rings is 2. The van der Waals surface area contributed by atoms with E-state index in [2.05, 4.69) is 38.2 Å². The molecule has 2 aromatic carbocycles. The lowest BCUT2D eigenvalue weighted by atomic mass is 9.92. The summed E-state index contributed by atoms with van der Waals surface area (Å²) in [6.45, 7) is 7.40. The molecule has 3 aliphatic heterocycles. The Hall–Kier alpha value is -4.76. The number of allylic oxidation sites excluding steroid dienone is 1. The molecule has 5 aliphatic rings. The minimum absolute atomic E-state index is 0.0636. The SMILES string of the molecule is COc1ccc2c(CN3C[C@H]4CN5C(=O)[C@H](CC(=O)OC(C)(C)C)CCCCC/C=C\[C@@H]6C[C@@]6(C(=O)NS(=O)(=O)C6CC6)NC(=O)[C@@H]5[C@H]4C3)cc(-n3cccn3)cc2c1. The number of esters is 1. The number of carbonyl (C=O) groups is 4. The molecule has 3 aromatic rings. The second kappa shape index (κ2) is 16.0. The standard InChI is InChI=1S/C44H56N6O8S/c1-43(2,3)58-38(51)22-28-11-8-6-5-7-9-12-32-23-44(32,42(54)47-59(55,56)35-14-15-35)46-40(52)39-37-27-48(25-31(37)26-49(39)41(28)53)24-30-20-33(50-18-10-17-45-50)19-29-21-34(57-4)13-16-36(29)30/h9-10,12-13,16-21,28,31-32,35,37,39H,5-8,11,14-15,22-27H2,1-4H3,(H,46,52)(H,47,54)/b12-9-/t28-,31-,32+,37-,39-,44+/m0/s1. The molecule has 2 N–H and O–H groups in total. The van der Waals surface area contributed by atoms with Crippen LogP contribution in [0, 0.1) is 23.7 Å². The highest BCUT2D eigenvalue weighted by Crippen LogP contribution is 2.47. The van der Waals surface area contributed by atoms with Crippen LogP contribution in [-0.2, 0) is 40.5 Å². The van der Waals surface area contributed by atoms with Crippen LogP contribution >= 0.6 is 0 Å². The highest BCUT2D eigenvalue weighted by molar-refractivity contribution is 7.91. The molecule has 2 aliphatic carbocycles. The van der Waals surface area contributed by atoms with E-state index in [1.54, 1.807) is 39.0 Å². The second-order valence-electron chi connectivity index (χ2n) is 18.2. The van der Waals surface area contributed by atoms with Gasteiger partial charge in [0.05, 0.1) is 24.5 Å². The van der Waals surface area contributed by atoms with Crippen molar-refractivity contribution in [2.24, 2.45) is 23.7 Å². The smallest absolute Gasteiger partial charge is 0.307 e. The number of fused-ring (bicyclic) bond motifs is 5. The van der Waals surface area contributed by atoms with Crippen molar-refractivity contribution in [3.05, 3.63) is 66.5 Å². The number of rotatable bonds is 9. The third-order valence-electron chi connectivity index (χ3n) is 12.6. The first kappa shape index (κ1) is 41.0. The number of hydrogen-bond donors (Lipinski definition) is 2. The van der Waals surface area contributed by atoms with Crippen molar-refractivity contribution >= 4 is 44.5 Å². The highest BCUT2D eigenvalue weighted by atomic mass is 32.2. The van der Waals surface area contributed by atoms with Gasteiger partial charge in [-0.05, 0) is 112 Å². The lowest BCUT2D eigenvalue weighted by molar-refractivity contribution is -0.159. The molecule has 0 bridgehead atoms. The lowest BCUT2D eigenvalue weighted by Crippen LogP contribution is -2.58. The highest BCUT2D eigenvalue weighted by Gasteiger charge is 2.63. The van der Waals surface area contributed by atoms with Crippen LogP contribution in [0.15, 0.2) is 60.9 Å². The van der Waals surface area contributed by atoms with Crippen molar-refractivity contribution in [1.82, 2.24) is 29.6 Å². The Bertz CT molecular complexity index is 2250. The fourth-order valence-corrected chi connectivity index (χ4v) is 10.8. The van der Waals surface area contributed by atoms with Gasteiger partial charge in [-0.15, -0.1) is 0 Å². The first-order valence-corrected chi connectivity index (χ1v) is 22.6. The number of sulfonamides is 1. The summed E-state index contributed by atoms with van der Waals surface area (Å²) in [6, 6.07) is 11.2. The molecule has 3 amide bonds. The fourth-order valence-electron chi connectivity index (χ4n) is 9.47. The van der Waals surface area contributed by atoms with Crippen molar-refractivity contribution in [3.63, 3.8) is 0 Å². The van der Waals surface area contributed by atoms with Crippen LogP contribution in [0.4, 0.5) is 0 Å². The van der Waals surface area contributed by atoms with Gasteiger partial charge in [0.25, 0.3) is 5.91 Å². The van der Waals surface area contributed by atoms with E-state index in [0.29, 0.717) is 45.4 Å². The first-order chi connectivity index (χ1) is 28.1. The topological polar surface area (TPSA) is 169 Å². The van der Waals surface area contributed by atoms with Gasteiger partial charge < -0.3 is 19.7 Å². The van der Waals surface area contributed by atoms with Crippen molar-refractivity contribution in [2.75, 3.05) is 26.7 Å². The van der Waals surface area contributed by atoms with E-state index in [4.69, 9.17) is 9.47 Å². The summed E-state index contributed by atoms with van der Waals surface area (Å²) < 4.78 is 41.3. The number of nitrogens with one attached hydrogen (secondary N) is 2. The quantitative estimate of drug-likeness (QED) is 0.229. The average Bonchev–Trinajstić information content (AvgIpc) is 3.99. The Labute approximate surface area is 346 Å². The maximum Gasteiger partial charge on any atom is 0.307 e. The van der Waals surface area contributed by atoms with Gasteiger partial charge in [-0.25, -0.2) is 13.1 Å². The Morgan fingerprint density at radius 1 is 1.03 bits per heavy atom. The van der Waals surface area contributed by atoms with Crippen LogP contribution in [-0.4, -0.2) is 101 Å². The van der Waals surface area contributed by atoms with Crippen LogP contribution < -0.4 is 14.8 Å². The van der Waals surface area contributed by atoms with Crippen LogP contribution in [0.5, 0.6) is 5.75 Å². The molecular weight excluding hydrogens is 773 g/mol. The number of hydrogen-bond acceptors (Lipinski definition) is 10. The number of carbonyl (C=O) groups excluding carboxylic acids is 4. The number of amides is 3. The predicted molar refractivity (Wildman–Crippen MR) is 221 cm³/mol. The van der Waals surface area contributed by atoms with Gasteiger partial charge in [0.15, 0.2) is 0 Å². The zero-order chi connectivity index (χ0) is 41.7. The number of likely N-dealkylation sites (tertiary alicyclic amines) is 1. The minimum atomic E-state index is -3.88. The molecule has 4 fully saturated rings. The predicted octanol–water partition coefficient (Wildman–Crippen LogP) is 4.64. The van der Waals surface area contributed by atoms with E-state index in [-0.39, 0.29) is 36.5 Å². The van der Waals surface area contributed by atoms with Gasteiger partial charge in [-0.2, -0.15) is 5.10 Å². The van der Waals surface area contributed by atoms with Gasteiger partial charge in [-0.1, -0.05) is 31.1 Å². The van der Waals surface area contributed by atoms with Crippen LogP contribution in [0.2, 0.25) is 0 Å². The van der Waals surface area contributed by atoms with Crippen molar-refractivity contribution < 1.29 is 37.1 Å². The maximum atomic E-state index is 14.9. The molecule has 14 nitrogen and oxygen atoms in total. The Kier molecular flexibility index (Phi) is 11.1. The monoisotopic (exact) mass is 828 g/mol. The molecule has 316 valence electrons. The number of ether oxygens (including phenoxy) is 2. The second-order valence-corrected chi connectivity index (χ2v) is 20.2. The third-order valence-corrected chi connectivity index (χ3v) is 14.4. The largest absolute Gasteiger partial charge is 0.497 e. The maximum absolute atomic E-state index is 14.9. The normalized spacial score (nSPS) is 28.4. The minimum Gasteiger partial charge on any atom is -0.497 e. The van der Waals surface area contributed by atoms with Crippen LogP contribution in [0.25, 0.3) is 16.5 Å². The summed E-state index contributed by atoms with van der Waals surface area (Å²) in [5.74, 6) is -2.61. The molecule has 0 unspecified atom stereocenters. The number of methoxy groups -OCH3 is 1. The van der Waals surface area contributed by atoms with E-state index < -0.39 is 56.2 Å². The summed E-state index contributed by atoms with van der Waals surface area (Å²) >= 11 is 0. The Morgan fingerprint density at radius 2 is 1.85 bits per heavy atom. The molecule has 59 heavy (non-hydrogen) atoms. The molecule has 1 aromatic heterocycles. The van der Waals surface area contributed by atoms with E-state index in [9.17, 15) is 27.6 Å². The average molecular weight is 829 g/mol. The summed E-state index contributed by atoms with van der Waals surface area (Å²) in [4.78, 5) is 60.8. The van der Waals surface area contributed by atoms with Gasteiger partial charge in [0.2, 0.25) is 21.8 Å². The van der Waals surface area contributed by atoms with Crippen molar-refractivity contribution in [3.8, 4) is 11.4 Å². The van der Waals surface area contributed by atoms with E-state index >= 15 is 0 Å². The summed E-state index contributed by atoms with van der Waals surface area (Å²) in [5, 5.41) is 8.97. The van der Waals surface area contributed by atoms with E-state index in [0.717, 1.165) is 53.5 Å².